The number of thioether (sulfide) groups is 1. The maximum Gasteiger partial charge on any atom is 0.353 e. The van der Waals surface area contributed by atoms with E-state index in [0.717, 1.165) is 5.56 Å². The standard InChI is InChI=1S/C15H19N3O4S/c1-8(19)12-10-4-11(13(15(21)22)18(10)14(12)20)23-7-9-5-16(2)17(3)6-9/h5-6,8,10,12,19H,4,7H2,1-3H3/p+1/t8-,10-,12-/m1/s1. The van der Waals surface area contributed by atoms with Crippen molar-refractivity contribution in [3.63, 3.8) is 0 Å². The first-order valence-corrected chi connectivity index (χ1v) is 8.41. The molecule has 0 saturated carbocycles. The van der Waals surface area contributed by atoms with Crippen LogP contribution in [-0.4, -0.2) is 43.8 Å². The first kappa shape index (κ1) is 16.1. The Morgan fingerprint density at radius 3 is 2.78 bits per heavy atom. The number of aliphatic hydroxyl groups is 1. The molecule has 124 valence electrons. The normalized spacial score (nSPS) is 24.7. The molecule has 0 spiro atoms. The maximum atomic E-state index is 12.1. The minimum absolute atomic E-state index is 0.0854. The van der Waals surface area contributed by atoms with Crippen LogP contribution >= 0.6 is 11.8 Å². The third-order valence-corrected chi connectivity index (χ3v) is 5.69. The quantitative estimate of drug-likeness (QED) is 0.583. The van der Waals surface area contributed by atoms with Crippen molar-refractivity contribution in [1.82, 2.24) is 9.58 Å². The second-order valence-electron chi connectivity index (χ2n) is 6.09. The van der Waals surface area contributed by atoms with Crippen LogP contribution in [0.1, 0.15) is 18.9 Å². The summed E-state index contributed by atoms with van der Waals surface area (Å²) >= 11 is 1.46. The van der Waals surface area contributed by atoms with E-state index >= 15 is 0 Å². The highest BCUT2D eigenvalue weighted by Gasteiger charge is 2.56. The molecule has 1 amide bonds. The fraction of sp³-hybridized carbons (Fsp3) is 0.533. The summed E-state index contributed by atoms with van der Waals surface area (Å²) in [5.41, 5.74) is 1.17. The zero-order valence-corrected chi connectivity index (χ0v) is 14.1. The molecule has 7 nitrogen and oxygen atoms in total. The summed E-state index contributed by atoms with van der Waals surface area (Å²) in [4.78, 5) is 25.7. The molecule has 0 unspecified atom stereocenters. The number of aliphatic hydroxyl groups excluding tert-OH is 1. The van der Waals surface area contributed by atoms with Gasteiger partial charge in [-0.15, -0.1) is 16.4 Å². The number of aromatic nitrogens is 2. The van der Waals surface area contributed by atoms with Gasteiger partial charge in [-0.1, -0.05) is 0 Å². The molecule has 1 aromatic heterocycles. The van der Waals surface area contributed by atoms with Crippen molar-refractivity contribution in [2.75, 3.05) is 0 Å². The van der Waals surface area contributed by atoms with Crippen molar-refractivity contribution >= 4 is 23.6 Å². The van der Waals surface area contributed by atoms with Crippen LogP contribution in [-0.2, 0) is 29.4 Å². The van der Waals surface area contributed by atoms with Gasteiger partial charge in [0.1, 0.15) is 5.70 Å². The average Bonchev–Trinajstić information content (AvgIpc) is 2.94. The average molecular weight is 338 g/mol. The van der Waals surface area contributed by atoms with E-state index in [1.165, 1.54) is 16.7 Å². The summed E-state index contributed by atoms with van der Waals surface area (Å²) < 4.78 is 3.88. The number of β-lactam (4-membered cyclic amide) rings is 1. The molecule has 2 aliphatic rings. The molecule has 0 aromatic carbocycles. The maximum absolute atomic E-state index is 12.1. The Morgan fingerprint density at radius 1 is 1.57 bits per heavy atom. The van der Waals surface area contributed by atoms with Gasteiger partial charge in [0.25, 0.3) is 0 Å². The molecule has 3 atom stereocenters. The zero-order valence-electron chi connectivity index (χ0n) is 13.3. The van der Waals surface area contributed by atoms with Crippen molar-refractivity contribution in [2.45, 2.75) is 31.2 Å². The molecule has 2 aliphatic heterocycles. The molecule has 1 aromatic rings. The lowest BCUT2D eigenvalue weighted by atomic mass is 9.83. The van der Waals surface area contributed by atoms with Crippen LogP contribution in [0, 0.1) is 5.92 Å². The molecule has 0 bridgehead atoms. The molecular weight excluding hydrogens is 318 g/mol. The lowest BCUT2D eigenvalue weighted by molar-refractivity contribution is -0.751. The monoisotopic (exact) mass is 338 g/mol. The SMILES string of the molecule is C[C@@H](O)[C@H]1C(=O)N2C(C(=O)O)=C(SCc3cn(C)[n+](C)c3)C[C@H]12. The van der Waals surface area contributed by atoms with E-state index in [1.54, 1.807) is 6.92 Å². The first-order valence-electron chi connectivity index (χ1n) is 7.42. The number of fused-ring (bicyclic) bond motifs is 1. The van der Waals surface area contributed by atoms with Crippen molar-refractivity contribution in [2.24, 2.45) is 20.0 Å². The van der Waals surface area contributed by atoms with Crippen molar-refractivity contribution in [1.29, 1.82) is 0 Å². The number of nitrogens with zero attached hydrogens (tertiary/aromatic N) is 3. The van der Waals surface area contributed by atoms with E-state index < -0.39 is 18.0 Å². The van der Waals surface area contributed by atoms with Crippen molar-refractivity contribution < 1.29 is 24.5 Å². The molecular formula is C15H20N3O4S+. The number of aryl methyl sites for hydroxylation is 2. The van der Waals surface area contributed by atoms with E-state index in [-0.39, 0.29) is 17.6 Å². The highest BCUT2D eigenvalue weighted by Crippen LogP contribution is 2.47. The Bertz CT molecular complexity index is 690. The summed E-state index contributed by atoms with van der Waals surface area (Å²) in [6.07, 6.45) is 3.73. The minimum atomic E-state index is -1.08. The number of hydrogen-bond donors (Lipinski definition) is 2. The second kappa shape index (κ2) is 5.68. The fourth-order valence-corrected chi connectivity index (χ4v) is 4.40. The zero-order chi connectivity index (χ0) is 16.9. The van der Waals surface area contributed by atoms with Crippen LogP contribution in [0.5, 0.6) is 0 Å². The number of amides is 1. The van der Waals surface area contributed by atoms with E-state index in [1.807, 2.05) is 35.9 Å². The van der Waals surface area contributed by atoms with E-state index in [4.69, 9.17) is 0 Å². The molecule has 2 N–H and O–H groups in total. The van der Waals surface area contributed by atoms with Gasteiger partial charge < -0.3 is 15.1 Å². The highest BCUT2D eigenvalue weighted by atomic mass is 32.2. The van der Waals surface area contributed by atoms with Crippen LogP contribution in [0.3, 0.4) is 0 Å². The van der Waals surface area contributed by atoms with Gasteiger partial charge in [0, 0.05) is 17.1 Å². The number of carboxylic acids is 1. The Balaban J connectivity index is 1.78. The van der Waals surface area contributed by atoms with Gasteiger partial charge in [-0.25, -0.2) is 4.79 Å². The van der Waals surface area contributed by atoms with Crippen LogP contribution in [0.15, 0.2) is 23.0 Å². The van der Waals surface area contributed by atoms with Crippen molar-refractivity contribution in [3.8, 4) is 0 Å². The Hall–Kier alpha value is -1.80. The Morgan fingerprint density at radius 2 is 2.26 bits per heavy atom. The van der Waals surface area contributed by atoms with Gasteiger partial charge in [-0.3, -0.25) is 4.79 Å². The van der Waals surface area contributed by atoms with Gasteiger partial charge in [0.15, 0.2) is 13.2 Å². The third kappa shape index (κ3) is 2.55. The van der Waals surface area contributed by atoms with E-state index in [9.17, 15) is 19.8 Å². The van der Waals surface area contributed by atoms with Crippen LogP contribution in [0.2, 0.25) is 0 Å². The van der Waals surface area contributed by atoms with Crippen molar-refractivity contribution in [3.05, 3.63) is 28.6 Å². The molecule has 1 saturated heterocycles. The predicted molar refractivity (Wildman–Crippen MR) is 83.0 cm³/mol. The molecule has 0 radical (unpaired) electrons. The summed E-state index contributed by atoms with van der Waals surface area (Å²) in [5, 5.41) is 19.2. The van der Waals surface area contributed by atoms with E-state index in [2.05, 4.69) is 0 Å². The second-order valence-corrected chi connectivity index (χ2v) is 7.16. The number of carbonyl (C=O) groups is 2. The van der Waals surface area contributed by atoms with Gasteiger partial charge >= 0.3 is 5.97 Å². The van der Waals surface area contributed by atoms with Gasteiger partial charge in [-0.05, 0) is 6.92 Å². The fourth-order valence-electron chi connectivity index (χ4n) is 3.30. The van der Waals surface area contributed by atoms with Crippen LogP contribution in [0.25, 0.3) is 0 Å². The molecule has 1 fully saturated rings. The smallest absolute Gasteiger partial charge is 0.353 e. The van der Waals surface area contributed by atoms with Crippen LogP contribution in [0.4, 0.5) is 0 Å². The number of aliphatic carboxylic acids is 1. The lowest BCUT2D eigenvalue weighted by Gasteiger charge is -2.44. The van der Waals surface area contributed by atoms with Gasteiger partial charge in [-0.2, -0.15) is 4.68 Å². The molecule has 3 heterocycles. The van der Waals surface area contributed by atoms with Gasteiger partial charge in [0.05, 0.1) is 36.9 Å². The number of carboxylic acid groups (broad SMARTS) is 1. The van der Waals surface area contributed by atoms with Crippen LogP contribution < -0.4 is 4.68 Å². The Labute approximate surface area is 138 Å². The number of rotatable bonds is 5. The number of hydrogen-bond acceptors (Lipinski definition) is 4. The summed E-state index contributed by atoms with van der Waals surface area (Å²) in [6.45, 7) is 1.58. The summed E-state index contributed by atoms with van der Waals surface area (Å²) in [5.74, 6) is -1.21. The first-order chi connectivity index (χ1) is 10.8. The van der Waals surface area contributed by atoms with E-state index in [0.29, 0.717) is 17.1 Å². The molecule has 3 rings (SSSR count). The highest BCUT2D eigenvalue weighted by molar-refractivity contribution is 8.02. The Kier molecular flexibility index (Phi) is 3.97. The van der Waals surface area contributed by atoms with Gasteiger partial charge in [0.2, 0.25) is 5.91 Å². The predicted octanol–water partition coefficient (Wildman–Crippen LogP) is -0.00950. The lowest BCUT2D eigenvalue weighted by Crippen LogP contribution is -2.61. The molecule has 23 heavy (non-hydrogen) atoms. The topological polar surface area (TPSA) is 86.7 Å². The molecule has 8 heteroatoms. The number of carbonyl (C=O) groups excluding carboxylic acids is 1. The summed E-state index contributed by atoms with van der Waals surface area (Å²) in [7, 11) is 3.87. The minimum Gasteiger partial charge on any atom is -0.477 e. The molecule has 0 aliphatic carbocycles. The largest absolute Gasteiger partial charge is 0.477 e. The third-order valence-electron chi connectivity index (χ3n) is 4.51. The summed E-state index contributed by atoms with van der Waals surface area (Å²) in [6, 6.07) is -0.219.